The number of ether oxygens (including phenoxy) is 1. The van der Waals surface area contributed by atoms with Crippen LogP contribution in [-0.2, 0) is 25.5 Å². The molecule has 0 fully saturated rings. The van der Waals surface area contributed by atoms with Crippen LogP contribution in [-0.4, -0.2) is 47.0 Å². The molecule has 1 aliphatic rings. The second-order valence-electron chi connectivity index (χ2n) is 10.5. The van der Waals surface area contributed by atoms with Gasteiger partial charge in [0.1, 0.15) is 23.2 Å². The monoisotopic (exact) mass is 475 g/mol. The Kier molecular flexibility index (Phi) is 8.18. The first-order chi connectivity index (χ1) is 15.6. The molecule has 0 spiro atoms. The maximum Gasteiger partial charge on any atom is 0.408 e. The number of rotatable bonds is 7. The average Bonchev–Trinajstić information content (AvgIpc) is 2.66. The molecular formula is C24H37N5O5. The molecule has 2 unspecified atom stereocenters. The predicted molar refractivity (Wildman–Crippen MR) is 130 cm³/mol. The first-order valence-corrected chi connectivity index (χ1v) is 11.4. The van der Waals surface area contributed by atoms with Crippen molar-refractivity contribution in [3.05, 3.63) is 23.8 Å². The molecule has 0 radical (unpaired) electrons. The molecule has 0 bridgehead atoms. The molecule has 10 heteroatoms. The van der Waals surface area contributed by atoms with Crippen LogP contribution in [0.2, 0.25) is 0 Å². The number of carbonyl (C=O) groups excluding carboxylic acids is 4. The van der Waals surface area contributed by atoms with E-state index in [4.69, 9.17) is 10.5 Å². The van der Waals surface area contributed by atoms with Crippen molar-refractivity contribution in [2.45, 2.75) is 84.5 Å². The van der Waals surface area contributed by atoms with Crippen molar-refractivity contribution in [3.63, 3.8) is 0 Å². The number of nitrogens with one attached hydrogen (secondary N) is 4. The van der Waals surface area contributed by atoms with E-state index in [1.807, 2.05) is 19.9 Å². The van der Waals surface area contributed by atoms with E-state index in [1.165, 1.54) is 13.8 Å². The highest BCUT2D eigenvalue weighted by molar-refractivity contribution is 6.03. The van der Waals surface area contributed by atoms with Crippen LogP contribution in [0.15, 0.2) is 18.2 Å². The summed E-state index contributed by atoms with van der Waals surface area (Å²) in [5.74, 6) is -1.33. The summed E-state index contributed by atoms with van der Waals surface area (Å²) in [6.07, 6.45) is -0.112. The third-order valence-electron chi connectivity index (χ3n) is 5.20. The van der Waals surface area contributed by atoms with Gasteiger partial charge in [-0.15, -0.1) is 0 Å². The fraction of sp³-hybridized carbons (Fsp3) is 0.583. The molecule has 0 saturated heterocycles. The number of carbonyl (C=O) groups is 4. The van der Waals surface area contributed by atoms with Gasteiger partial charge in [-0.1, -0.05) is 26.0 Å². The van der Waals surface area contributed by atoms with Gasteiger partial charge in [0.2, 0.25) is 17.7 Å². The molecule has 0 aromatic heterocycles. The van der Waals surface area contributed by atoms with E-state index in [0.29, 0.717) is 17.8 Å². The summed E-state index contributed by atoms with van der Waals surface area (Å²) in [7, 11) is 0. The van der Waals surface area contributed by atoms with Crippen LogP contribution in [0, 0.1) is 5.92 Å². The van der Waals surface area contributed by atoms with Gasteiger partial charge in [-0.3, -0.25) is 14.4 Å². The highest BCUT2D eigenvalue weighted by atomic mass is 16.6. The van der Waals surface area contributed by atoms with Crippen molar-refractivity contribution in [3.8, 4) is 0 Å². The minimum Gasteiger partial charge on any atom is -0.444 e. The number of nitrogens with two attached hydrogens (primary N) is 1. The largest absolute Gasteiger partial charge is 0.444 e. The summed E-state index contributed by atoms with van der Waals surface area (Å²) >= 11 is 0. The number of benzene rings is 1. The van der Waals surface area contributed by atoms with Crippen molar-refractivity contribution < 1.29 is 23.9 Å². The Labute approximate surface area is 200 Å². The Balaban J connectivity index is 2.09. The lowest BCUT2D eigenvalue weighted by Crippen LogP contribution is -2.61. The van der Waals surface area contributed by atoms with E-state index in [0.717, 1.165) is 5.56 Å². The van der Waals surface area contributed by atoms with E-state index >= 15 is 0 Å². The van der Waals surface area contributed by atoms with Crippen LogP contribution in [0.5, 0.6) is 0 Å². The number of hydrogen-bond donors (Lipinski definition) is 5. The predicted octanol–water partition coefficient (Wildman–Crippen LogP) is 2.08. The fourth-order valence-corrected chi connectivity index (χ4v) is 3.51. The van der Waals surface area contributed by atoms with Gasteiger partial charge >= 0.3 is 6.09 Å². The zero-order chi connectivity index (χ0) is 25.8. The molecule has 1 aromatic rings. The fourth-order valence-electron chi connectivity index (χ4n) is 3.51. The summed E-state index contributed by atoms with van der Waals surface area (Å²) in [6, 6.07) is 3.61. The molecule has 0 saturated carbocycles. The van der Waals surface area contributed by atoms with Gasteiger partial charge in [0.15, 0.2) is 0 Å². The SMILES string of the molecule is CC(C)CC(NC(=O)C(C)(C)NC(=O)OC(C)(C)C)C(=O)NC1Cc2cccc(N)c2NC1=O. The zero-order valence-corrected chi connectivity index (χ0v) is 21.0. The van der Waals surface area contributed by atoms with Crippen LogP contribution in [0.25, 0.3) is 0 Å². The Bertz CT molecular complexity index is 952. The van der Waals surface area contributed by atoms with E-state index in [1.54, 1.807) is 32.9 Å². The average molecular weight is 476 g/mol. The Morgan fingerprint density at radius 1 is 1.18 bits per heavy atom. The van der Waals surface area contributed by atoms with Gasteiger partial charge in [-0.25, -0.2) is 4.79 Å². The molecule has 2 atom stereocenters. The Hall–Kier alpha value is -3.30. The van der Waals surface area contributed by atoms with Crippen LogP contribution >= 0.6 is 0 Å². The van der Waals surface area contributed by atoms with Crippen molar-refractivity contribution in [2.24, 2.45) is 5.92 Å². The molecular weight excluding hydrogens is 438 g/mol. The minimum atomic E-state index is -1.34. The second kappa shape index (κ2) is 10.3. The number of hydrogen-bond acceptors (Lipinski definition) is 6. The summed E-state index contributed by atoms with van der Waals surface area (Å²) < 4.78 is 5.23. The lowest BCUT2D eigenvalue weighted by atomic mass is 9.96. The van der Waals surface area contributed by atoms with E-state index < -0.39 is 41.1 Å². The lowest BCUT2D eigenvalue weighted by Gasteiger charge is -2.31. The summed E-state index contributed by atoms with van der Waals surface area (Å²) in [4.78, 5) is 50.8. The molecule has 1 aromatic carbocycles. The number of alkyl carbamates (subject to hydrolysis) is 1. The molecule has 1 heterocycles. The number of para-hydroxylation sites is 1. The third kappa shape index (κ3) is 7.36. The van der Waals surface area contributed by atoms with Gasteiger partial charge < -0.3 is 31.7 Å². The Morgan fingerprint density at radius 2 is 1.82 bits per heavy atom. The van der Waals surface area contributed by atoms with Crippen LogP contribution in [0.1, 0.15) is 60.5 Å². The maximum absolute atomic E-state index is 13.1. The summed E-state index contributed by atoms with van der Waals surface area (Å²) in [5.41, 5.74) is 5.70. The molecule has 10 nitrogen and oxygen atoms in total. The van der Waals surface area contributed by atoms with Gasteiger partial charge in [0, 0.05) is 6.42 Å². The van der Waals surface area contributed by atoms with E-state index in [9.17, 15) is 19.2 Å². The maximum atomic E-state index is 13.1. The highest BCUT2D eigenvalue weighted by Gasteiger charge is 2.36. The number of fused-ring (bicyclic) bond motifs is 1. The summed E-state index contributed by atoms with van der Waals surface area (Å²) in [5, 5.41) is 10.7. The van der Waals surface area contributed by atoms with Crippen molar-refractivity contribution in [1.82, 2.24) is 16.0 Å². The van der Waals surface area contributed by atoms with E-state index in [-0.39, 0.29) is 18.2 Å². The summed E-state index contributed by atoms with van der Waals surface area (Å²) in [6.45, 7) is 12.0. The van der Waals surface area contributed by atoms with E-state index in [2.05, 4.69) is 21.3 Å². The van der Waals surface area contributed by atoms with Gasteiger partial charge in [-0.2, -0.15) is 0 Å². The van der Waals surface area contributed by atoms with Crippen LogP contribution in [0.4, 0.5) is 16.2 Å². The second-order valence-corrected chi connectivity index (χ2v) is 10.5. The van der Waals surface area contributed by atoms with Gasteiger partial charge in [0.25, 0.3) is 0 Å². The molecule has 0 aliphatic carbocycles. The molecule has 2 rings (SSSR count). The van der Waals surface area contributed by atoms with Crippen molar-refractivity contribution in [1.29, 1.82) is 0 Å². The lowest BCUT2D eigenvalue weighted by molar-refractivity contribution is -0.133. The zero-order valence-electron chi connectivity index (χ0n) is 21.0. The topological polar surface area (TPSA) is 152 Å². The quantitative estimate of drug-likeness (QED) is 0.381. The third-order valence-corrected chi connectivity index (χ3v) is 5.20. The molecule has 1 aliphatic heterocycles. The first-order valence-electron chi connectivity index (χ1n) is 11.4. The normalized spacial score (nSPS) is 16.7. The number of amides is 4. The number of anilines is 2. The van der Waals surface area contributed by atoms with Gasteiger partial charge in [-0.05, 0) is 58.6 Å². The van der Waals surface area contributed by atoms with Crippen molar-refractivity contribution >= 4 is 35.2 Å². The Morgan fingerprint density at radius 3 is 2.41 bits per heavy atom. The molecule has 4 amide bonds. The number of nitrogen functional groups attached to an aromatic ring is 1. The minimum absolute atomic E-state index is 0.0821. The smallest absolute Gasteiger partial charge is 0.408 e. The highest BCUT2D eigenvalue weighted by Crippen LogP contribution is 2.28. The van der Waals surface area contributed by atoms with Crippen LogP contribution < -0.4 is 27.0 Å². The molecule has 34 heavy (non-hydrogen) atoms. The standard InChI is InChI=1S/C24H37N5O5/c1-13(2)11-16(27-21(32)24(6,7)29-22(33)34-23(3,4)5)19(30)26-17-12-14-9-8-10-15(25)18(14)28-20(17)31/h8-10,13,16-17H,11-12,25H2,1-7H3,(H,26,30)(H,27,32)(H,28,31)(H,29,33). The van der Waals surface area contributed by atoms with Crippen molar-refractivity contribution in [2.75, 3.05) is 11.1 Å². The molecule has 188 valence electrons. The van der Waals surface area contributed by atoms with Gasteiger partial charge in [0.05, 0.1) is 11.4 Å². The first kappa shape index (κ1) is 26.9. The molecule has 6 N–H and O–H groups in total. The van der Waals surface area contributed by atoms with Crippen LogP contribution in [0.3, 0.4) is 0 Å².